The number of hydrogen-bond donors (Lipinski definition) is 1. The molecule has 24 heavy (non-hydrogen) atoms. The summed E-state index contributed by atoms with van der Waals surface area (Å²) in [5.41, 5.74) is 2.83. The van der Waals surface area contributed by atoms with Crippen molar-refractivity contribution < 1.29 is 9.84 Å². The van der Waals surface area contributed by atoms with Crippen molar-refractivity contribution in [2.75, 3.05) is 19.7 Å². The summed E-state index contributed by atoms with van der Waals surface area (Å²) >= 11 is 0. The van der Waals surface area contributed by atoms with Gasteiger partial charge in [-0.1, -0.05) is 0 Å². The molecule has 0 radical (unpaired) electrons. The topological polar surface area (TPSA) is 82.3 Å². The quantitative estimate of drug-likeness (QED) is 0.896. The van der Waals surface area contributed by atoms with Crippen molar-refractivity contribution in [3.8, 4) is 11.8 Å². The molecule has 0 amide bonds. The van der Waals surface area contributed by atoms with Crippen molar-refractivity contribution in [3.05, 3.63) is 53.1 Å². The average molecular weight is 324 g/mol. The van der Waals surface area contributed by atoms with Crippen LogP contribution in [0.1, 0.15) is 22.6 Å². The predicted molar refractivity (Wildman–Crippen MR) is 88.4 cm³/mol. The minimum atomic E-state index is -0.579. The van der Waals surface area contributed by atoms with Crippen LogP contribution in [-0.4, -0.2) is 45.8 Å². The van der Waals surface area contributed by atoms with Crippen LogP contribution in [0, 0.1) is 18.3 Å². The van der Waals surface area contributed by atoms with E-state index in [4.69, 9.17) is 10.00 Å². The lowest BCUT2D eigenvalue weighted by Crippen LogP contribution is -2.39. The molecule has 0 unspecified atom stereocenters. The normalized spacial score (nSPS) is 15.4. The highest BCUT2D eigenvalue weighted by atomic mass is 16.5. The number of β-amino-alcohol motifs (C(OH)–C–C–N with tert-alkyl or cyclic N) is 1. The zero-order chi connectivity index (χ0) is 16.9. The molecule has 1 aromatic carbocycles. The lowest BCUT2D eigenvalue weighted by Gasteiger charge is -2.29. The van der Waals surface area contributed by atoms with Crippen LogP contribution in [0.4, 0.5) is 0 Å². The van der Waals surface area contributed by atoms with E-state index in [0.717, 1.165) is 31.0 Å². The Kier molecular flexibility index (Phi) is 5.04. The summed E-state index contributed by atoms with van der Waals surface area (Å²) in [6, 6.07) is 8.94. The van der Waals surface area contributed by atoms with E-state index in [1.165, 1.54) is 5.56 Å². The van der Waals surface area contributed by atoms with Crippen molar-refractivity contribution in [1.29, 1.82) is 5.26 Å². The fourth-order valence-corrected chi connectivity index (χ4v) is 2.78. The molecule has 1 aromatic heterocycles. The van der Waals surface area contributed by atoms with Crippen LogP contribution in [0.15, 0.2) is 30.5 Å². The summed E-state index contributed by atoms with van der Waals surface area (Å²) in [5, 5.41) is 19.0. The highest BCUT2D eigenvalue weighted by Gasteiger charge is 2.20. The molecule has 124 valence electrons. The number of aryl methyl sites for hydroxylation is 1. The van der Waals surface area contributed by atoms with E-state index in [1.807, 2.05) is 13.1 Å². The van der Waals surface area contributed by atoms with Gasteiger partial charge in [-0.15, -0.1) is 0 Å². The maximum atomic E-state index is 10.2. The first-order valence-corrected chi connectivity index (χ1v) is 7.99. The van der Waals surface area contributed by atoms with E-state index in [9.17, 15) is 5.11 Å². The molecule has 1 atom stereocenters. The Bertz CT molecular complexity index is 740. The van der Waals surface area contributed by atoms with E-state index in [-0.39, 0.29) is 6.61 Å². The molecule has 1 aliphatic rings. The third kappa shape index (κ3) is 4.07. The molecular formula is C18H20N4O2. The molecular weight excluding hydrogens is 304 g/mol. The van der Waals surface area contributed by atoms with Gasteiger partial charge in [0.1, 0.15) is 24.3 Å². The first kappa shape index (κ1) is 16.4. The zero-order valence-electron chi connectivity index (χ0n) is 13.6. The number of benzene rings is 1. The number of nitrogens with zero attached hydrogens (tertiary/aromatic N) is 4. The third-order valence-corrected chi connectivity index (χ3v) is 4.04. The molecule has 0 saturated heterocycles. The van der Waals surface area contributed by atoms with Crippen LogP contribution in [0.5, 0.6) is 5.75 Å². The summed E-state index contributed by atoms with van der Waals surface area (Å²) < 4.78 is 5.59. The number of rotatable bonds is 5. The summed E-state index contributed by atoms with van der Waals surface area (Å²) in [6.45, 7) is 4.26. The van der Waals surface area contributed by atoms with Gasteiger partial charge in [-0.2, -0.15) is 5.26 Å². The molecule has 0 fully saturated rings. The van der Waals surface area contributed by atoms with Gasteiger partial charge in [-0.05, 0) is 43.2 Å². The van der Waals surface area contributed by atoms with Gasteiger partial charge in [0.25, 0.3) is 0 Å². The fraction of sp³-hybridized carbons (Fsp3) is 0.389. The maximum absolute atomic E-state index is 10.2. The van der Waals surface area contributed by atoms with Gasteiger partial charge >= 0.3 is 0 Å². The van der Waals surface area contributed by atoms with Crippen LogP contribution in [0.3, 0.4) is 0 Å². The molecule has 3 rings (SSSR count). The van der Waals surface area contributed by atoms with Crippen molar-refractivity contribution in [2.24, 2.45) is 0 Å². The molecule has 0 bridgehead atoms. The average Bonchev–Trinajstić information content (AvgIpc) is 2.60. The van der Waals surface area contributed by atoms with Crippen molar-refractivity contribution >= 4 is 0 Å². The van der Waals surface area contributed by atoms with E-state index in [1.54, 1.807) is 24.3 Å². The molecule has 0 spiro atoms. The standard InChI is InChI=1S/C18H20N4O2/c1-13-20-9-15-6-7-22(11-18(15)21-13)10-16(23)12-24-17-4-2-14(8-19)3-5-17/h2-5,9,16,23H,6-7,10-12H2,1H3/t16-/m0/s1. The van der Waals surface area contributed by atoms with Crippen LogP contribution in [0.2, 0.25) is 0 Å². The fourth-order valence-electron chi connectivity index (χ4n) is 2.78. The summed E-state index contributed by atoms with van der Waals surface area (Å²) in [4.78, 5) is 10.9. The Morgan fingerprint density at radius 2 is 2.17 bits per heavy atom. The number of fused-ring (bicyclic) bond motifs is 1. The first-order valence-electron chi connectivity index (χ1n) is 7.99. The molecule has 2 heterocycles. The number of aromatic nitrogens is 2. The van der Waals surface area contributed by atoms with Crippen LogP contribution < -0.4 is 4.74 Å². The monoisotopic (exact) mass is 324 g/mol. The summed E-state index contributed by atoms with van der Waals surface area (Å²) in [6.07, 6.45) is 2.23. The second-order valence-corrected chi connectivity index (χ2v) is 5.98. The zero-order valence-corrected chi connectivity index (χ0v) is 13.6. The Hall–Kier alpha value is -2.49. The van der Waals surface area contributed by atoms with Gasteiger partial charge in [0, 0.05) is 25.8 Å². The minimum absolute atomic E-state index is 0.220. The molecule has 6 nitrogen and oxygen atoms in total. The SMILES string of the molecule is Cc1ncc2c(n1)CN(C[C@H](O)COc1ccc(C#N)cc1)CC2. The number of hydrogen-bond acceptors (Lipinski definition) is 6. The molecule has 0 aliphatic carbocycles. The molecule has 2 aromatic rings. The Morgan fingerprint density at radius 1 is 1.38 bits per heavy atom. The van der Waals surface area contributed by atoms with Gasteiger partial charge in [0.05, 0.1) is 17.3 Å². The highest BCUT2D eigenvalue weighted by Crippen LogP contribution is 2.17. The third-order valence-electron chi connectivity index (χ3n) is 4.04. The lowest BCUT2D eigenvalue weighted by atomic mass is 10.1. The second kappa shape index (κ2) is 7.39. The lowest BCUT2D eigenvalue weighted by molar-refractivity contribution is 0.0631. The number of nitriles is 1. The van der Waals surface area contributed by atoms with Crippen LogP contribution >= 0.6 is 0 Å². The van der Waals surface area contributed by atoms with E-state index in [2.05, 4.69) is 20.9 Å². The summed E-state index contributed by atoms with van der Waals surface area (Å²) in [7, 11) is 0. The van der Waals surface area contributed by atoms with Crippen molar-refractivity contribution in [3.63, 3.8) is 0 Å². The van der Waals surface area contributed by atoms with Gasteiger partial charge in [0.15, 0.2) is 0 Å². The van der Waals surface area contributed by atoms with Gasteiger partial charge in [-0.25, -0.2) is 9.97 Å². The molecule has 1 aliphatic heterocycles. The van der Waals surface area contributed by atoms with Crippen molar-refractivity contribution in [1.82, 2.24) is 14.9 Å². The maximum Gasteiger partial charge on any atom is 0.125 e. The first-order chi connectivity index (χ1) is 11.6. The largest absolute Gasteiger partial charge is 0.491 e. The predicted octanol–water partition coefficient (Wildman–Crippen LogP) is 1.45. The molecule has 0 saturated carbocycles. The number of ether oxygens (including phenoxy) is 1. The smallest absolute Gasteiger partial charge is 0.125 e. The summed E-state index contributed by atoms with van der Waals surface area (Å²) in [5.74, 6) is 1.43. The van der Waals surface area contributed by atoms with Gasteiger partial charge in [-0.3, -0.25) is 4.90 Å². The van der Waals surface area contributed by atoms with Crippen LogP contribution in [-0.2, 0) is 13.0 Å². The van der Waals surface area contributed by atoms with Gasteiger partial charge in [0.2, 0.25) is 0 Å². The van der Waals surface area contributed by atoms with E-state index < -0.39 is 6.10 Å². The Balaban J connectivity index is 1.50. The van der Waals surface area contributed by atoms with E-state index in [0.29, 0.717) is 17.9 Å². The Morgan fingerprint density at radius 3 is 2.92 bits per heavy atom. The molecule has 1 N–H and O–H groups in total. The van der Waals surface area contributed by atoms with E-state index >= 15 is 0 Å². The molecule has 6 heteroatoms. The van der Waals surface area contributed by atoms with Crippen LogP contribution in [0.25, 0.3) is 0 Å². The highest BCUT2D eigenvalue weighted by molar-refractivity contribution is 5.34. The Labute approximate surface area is 141 Å². The second-order valence-electron chi connectivity index (χ2n) is 5.98. The minimum Gasteiger partial charge on any atom is -0.491 e. The van der Waals surface area contributed by atoms with Gasteiger partial charge < -0.3 is 9.84 Å². The van der Waals surface area contributed by atoms with Crippen molar-refractivity contribution in [2.45, 2.75) is 26.0 Å². The number of aliphatic hydroxyl groups excluding tert-OH is 1. The number of aliphatic hydroxyl groups is 1.